The molecule has 0 aromatic carbocycles. The third kappa shape index (κ3) is 81.0. The molecule has 12 heavy (non-hydrogen) atoms. The summed E-state index contributed by atoms with van der Waals surface area (Å²) in [4.78, 5) is 18.3. The van der Waals surface area contributed by atoms with E-state index in [4.69, 9.17) is 15.0 Å². The number of carbonyl (C=O) groups is 2. The van der Waals surface area contributed by atoms with Crippen LogP contribution in [0.2, 0.25) is 0 Å². The van der Waals surface area contributed by atoms with Crippen LogP contribution in [0.4, 0.5) is 0 Å². The van der Waals surface area contributed by atoms with E-state index in [1.165, 1.54) is 0 Å². The maximum atomic E-state index is 9.29. The molecule has 4 nitrogen and oxygen atoms in total. The largest absolute Gasteiger partial charge is 2.00 e. The Balaban J connectivity index is -0.00000000614. The Morgan fingerprint density at radius 2 is 1.42 bits per heavy atom. The van der Waals surface area contributed by atoms with E-state index < -0.39 is 11.9 Å². The van der Waals surface area contributed by atoms with E-state index in [0.717, 1.165) is 6.92 Å². The van der Waals surface area contributed by atoms with Crippen molar-refractivity contribution < 1.29 is 25.5 Å². The Morgan fingerprint density at radius 1 is 1.33 bits per heavy atom. The molecule has 0 heterocycles. The molecule has 0 atom stereocenters. The van der Waals surface area contributed by atoms with Crippen molar-refractivity contribution in [2.45, 2.75) is 6.92 Å². The zero-order chi connectivity index (χ0) is 7.86. The van der Waals surface area contributed by atoms with Gasteiger partial charge in [0.25, 0.3) is 5.97 Å². The summed E-state index contributed by atoms with van der Waals surface area (Å²) in [6.07, 6.45) is 0. The van der Waals surface area contributed by atoms with Crippen molar-refractivity contribution in [2.24, 2.45) is 0 Å². The van der Waals surface area contributed by atoms with Crippen LogP contribution in [0.25, 0.3) is 0 Å². The van der Waals surface area contributed by atoms with Gasteiger partial charge >= 0.3 is 96.9 Å². The number of halogens is 1. The van der Waals surface area contributed by atoms with E-state index >= 15 is 0 Å². The molecule has 70 valence electrons. The minimum Gasteiger partial charge on any atom is -1.00 e. The number of carboxylic acids is 2. The third-order valence-corrected chi connectivity index (χ3v) is 0.406. The molecule has 0 radical (unpaired) electrons. The van der Waals surface area contributed by atoms with E-state index in [1.54, 1.807) is 0 Å². The summed E-state index contributed by atoms with van der Waals surface area (Å²) in [6, 6.07) is 0. The average Bonchev–Trinajstić information content (AvgIpc) is 1.65. The quantitative estimate of drug-likeness (QED) is 0.457. The predicted octanol–water partition coefficient (Wildman–Crippen LogP) is 0.202. The SMILES string of the molecule is CC(=O)O.Cl.O=C(O)CS.[H-].[H-].[H-].[H-].[Sr+2].[Sr+2]. The van der Waals surface area contributed by atoms with Crippen molar-refractivity contribution in [3.05, 3.63) is 0 Å². The van der Waals surface area contributed by atoms with Gasteiger partial charge in [-0.25, -0.2) is 0 Å². The molecular weight excluding hydrogens is 355 g/mol. The normalized spacial score (nSPS) is 5.17. The summed E-state index contributed by atoms with van der Waals surface area (Å²) in [5, 5.41) is 15.1. The first-order valence-corrected chi connectivity index (χ1v) is 2.66. The second kappa shape index (κ2) is 23.4. The van der Waals surface area contributed by atoms with Crippen LogP contribution in [0.15, 0.2) is 0 Å². The molecule has 0 unspecified atom stereocenters. The van der Waals surface area contributed by atoms with Gasteiger partial charge in [0.15, 0.2) is 0 Å². The molecule has 0 saturated carbocycles. The summed E-state index contributed by atoms with van der Waals surface area (Å²) < 4.78 is 0. The van der Waals surface area contributed by atoms with Gasteiger partial charge in [0.1, 0.15) is 0 Å². The molecule has 0 bridgehead atoms. The zero-order valence-corrected chi connectivity index (χ0v) is 15.4. The molecule has 0 saturated heterocycles. The molecule has 0 aliphatic rings. The fourth-order valence-corrected chi connectivity index (χ4v) is 0. The molecule has 2 N–H and O–H groups in total. The summed E-state index contributed by atoms with van der Waals surface area (Å²) in [6.45, 7) is 1.08. The van der Waals surface area contributed by atoms with Crippen LogP contribution < -0.4 is 0 Å². The molecule has 0 rings (SSSR count). The van der Waals surface area contributed by atoms with Crippen molar-refractivity contribution in [1.82, 2.24) is 0 Å². The Morgan fingerprint density at radius 3 is 1.42 bits per heavy atom. The summed E-state index contributed by atoms with van der Waals surface area (Å²) in [5.41, 5.74) is 0. The molecule has 0 fully saturated rings. The molecule has 0 spiro atoms. The molecule has 8 heteroatoms. The van der Waals surface area contributed by atoms with Gasteiger partial charge in [-0.2, -0.15) is 12.6 Å². The van der Waals surface area contributed by atoms with Crippen molar-refractivity contribution in [3.63, 3.8) is 0 Å². The smallest absolute Gasteiger partial charge is 1.00 e. The molecule has 0 aromatic rings. The standard InChI is InChI=1S/C2H4O2S.C2H4O2.ClH.2Sr.4H/c3-2(4)1-5;1-2(3)4;;;;;;;/h5H,1H2,(H,3,4);1H3,(H,3,4);1H;;;;;;/q;;;2*+2;4*-1. The van der Waals surface area contributed by atoms with Crippen molar-refractivity contribution in [2.75, 3.05) is 5.75 Å². The van der Waals surface area contributed by atoms with E-state index in [1.807, 2.05) is 0 Å². The first-order chi connectivity index (χ1) is 4.00. The van der Waals surface area contributed by atoms with Crippen LogP contribution in [-0.4, -0.2) is 119 Å². The van der Waals surface area contributed by atoms with Crippen LogP contribution in [-0.2, 0) is 9.59 Å². The Bertz CT molecular complexity index is 122. The Hall–Kier alpha value is 2.54. The topological polar surface area (TPSA) is 74.6 Å². The first-order valence-electron chi connectivity index (χ1n) is 2.03. The fourth-order valence-electron chi connectivity index (χ4n) is 0. The van der Waals surface area contributed by atoms with Crippen LogP contribution in [0, 0.1) is 0 Å². The first kappa shape index (κ1) is 29.3. The number of rotatable bonds is 1. The van der Waals surface area contributed by atoms with E-state index in [-0.39, 0.29) is 115 Å². The summed E-state index contributed by atoms with van der Waals surface area (Å²) in [7, 11) is 0. The fraction of sp³-hybridized carbons (Fsp3) is 0.500. The maximum absolute atomic E-state index is 9.29. The predicted molar refractivity (Wildman–Crippen MR) is 58.0 cm³/mol. The minimum absolute atomic E-state index is 0. The number of thiol groups is 1. The van der Waals surface area contributed by atoms with Gasteiger partial charge in [-0.15, -0.1) is 12.4 Å². The molecule has 0 aliphatic carbocycles. The number of hydrogen-bond donors (Lipinski definition) is 3. The number of carboxylic acid groups (broad SMARTS) is 2. The Labute approximate surface area is 163 Å². The van der Waals surface area contributed by atoms with Gasteiger partial charge in [-0.05, 0) is 0 Å². The number of hydrogen-bond acceptors (Lipinski definition) is 3. The molecular formula is C4H13ClO4SSr2. The second-order valence-electron chi connectivity index (χ2n) is 1.07. The van der Waals surface area contributed by atoms with E-state index in [2.05, 4.69) is 12.6 Å². The van der Waals surface area contributed by atoms with Gasteiger partial charge in [0.05, 0.1) is 5.75 Å². The average molecular weight is 368 g/mol. The molecule has 0 aromatic heterocycles. The van der Waals surface area contributed by atoms with Crippen molar-refractivity contribution in [1.29, 1.82) is 0 Å². The second-order valence-corrected chi connectivity index (χ2v) is 1.39. The van der Waals surface area contributed by atoms with E-state index in [9.17, 15) is 4.79 Å². The monoisotopic (exact) mass is 368 g/mol. The summed E-state index contributed by atoms with van der Waals surface area (Å²) >= 11 is 3.42. The number of aliphatic carboxylic acids is 2. The maximum Gasteiger partial charge on any atom is 2.00 e. The van der Waals surface area contributed by atoms with Crippen molar-refractivity contribution >= 4 is 128 Å². The third-order valence-electron chi connectivity index (χ3n) is 0.135. The van der Waals surface area contributed by atoms with Gasteiger partial charge in [-0.3, -0.25) is 9.59 Å². The van der Waals surface area contributed by atoms with Crippen LogP contribution >= 0.6 is 25.0 Å². The van der Waals surface area contributed by atoms with Gasteiger partial charge in [-0.1, -0.05) is 0 Å². The van der Waals surface area contributed by atoms with Gasteiger partial charge in [0.2, 0.25) is 0 Å². The molecule has 0 amide bonds. The van der Waals surface area contributed by atoms with Crippen LogP contribution in [0.3, 0.4) is 0 Å². The van der Waals surface area contributed by atoms with Crippen LogP contribution in [0.1, 0.15) is 12.6 Å². The minimum atomic E-state index is -0.881. The van der Waals surface area contributed by atoms with Gasteiger partial charge in [0, 0.05) is 6.92 Å². The zero-order valence-electron chi connectivity index (χ0n) is 10.7. The van der Waals surface area contributed by atoms with E-state index in [0.29, 0.717) is 0 Å². The summed E-state index contributed by atoms with van der Waals surface area (Å²) in [5.74, 6) is -1.80. The molecule has 0 aliphatic heterocycles. The Kier molecular flexibility index (Phi) is 57.1. The van der Waals surface area contributed by atoms with Crippen molar-refractivity contribution in [3.8, 4) is 0 Å². The van der Waals surface area contributed by atoms with Gasteiger partial charge < -0.3 is 15.9 Å². The van der Waals surface area contributed by atoms with Crippen LogP contribution in [0.5, 0.6) is 0 Å².